The second-order valence-corrected chi connectivity index (χ2v) is 4.44. The topological polar surface area (TPSA) is 52.3 Å². The molecular formula is C16H13NO2. The van der Waals surface area contributed by atoms with Crippen molar-refractivity contribution in [3.05, 3.63) is 54.1 Å². The third kappa shape index (κ3) is 1.80. The van der Waals surface area contributed by atoms with Gasteiger partial charge >= 0.3 is 5.97 Å². The number of nitrogens with two attached hydrogens (primary N) is 1. The number of methoxy groups -OCH3 is 1. The molecular weight excluding hydrogens is 238 g/mol. The Morgan fingerprint density at radius 3 is 2.53 bits per heavy atom. The van der Waals surface area contributed by atoms with Gasteiger partial charge in [-0.25, -0.2) is 4.79 Å². The second-order valence-electron chi connectivity index (χ2n) is 4.44. The van der Waals surface area contributed by atoms with Crippen LogP contribution in [-0.2, 0) is 4.74 Å². The lowest BCUT2D eigenvalue weighted by Crippen LogP contribution is -2.05. The molecule has 0 aliphatic carbocycles. The molecule has 0 saturated carbocycles. The first-order valence-corrected chi connectivity index (χ1v) is 6.00. The predicted molar refractivity (Wildman–Crippen MR) is 77.2 cm³/mol. The van der Waals surface area contributed by atoms with Gasteiger partial charge in [-0.3, -0.25) is 0 Å². The van der Waals surface area contributed by atoms with Crippen molar-refractivity contribution in [3.63, 3.8) is 0 Å². The van der Waals surface area contributed by atoms with Gasteiger partial charge < -0.3 is 10.5 Å². The average molecular weight is 251 g/mol. The maximum atomic E-state index is 11.7. The van der Waals surface area contributed by atoms with Gasteiger partial charge in [0.1, 0.15) is 0 Å². The fraction of sp³-hybridized carbons (Fsp3) is 0.0625. The zero-order valence-corrected chi connectivity index (χ0v) is 10.5. The molecule has 94 valence electrons. The molecule has 19 heavy (non-hydrogen) atoms. The van der Waals surface area contributed by atoms with Crippen molar-refractivity contribution in [1.29, 1.82) is 0 Å². The number of hydrogen-bond donors (Lipinski definition) is 1. The minimum absolute atomic E-state index is 0.409. The van der Waals surface area contributed by atoms with Crippen molar-refractivity contribution in [1.82, 2.24) is 0 Å². The molecule has 0 saturated heterocycles. The molecule has 2 N–H and O–H groups in total. The fourth-order valence-corrected chi connectivity index (χ4v) is 2.36. The van der Waals surface area contributed by atoms with Gasteiger partial charge in [-0.05, 0) is 33.7 Å². The molecule has 0 bridgehead atoms. The summed E-state index contributed by atoms with van der Waals surface area (Å²) in [6, 6.07) is 15.7. The van der Waals surface area contributed by atoms with E-state index in [1.165, 1.54) is 7.11 Å². The van der Waals surface area contributed by atoms with Crippen molar-refractivity contribution in [3.8, 4) is 0 Å². The summed E-state index contributed by atoms with van der Waals surface area (Å²) in [6.07, 6.45) is 0. The smallest absolute Gasteiger partial charge is 0.339 e. The van der Waals surface area contributed by atoms with E-state index < -0.39 is 5.97 Å². The number of rotatable bonds is 1. The fourth-order valence-electron chi connectivity index (χ4n) is 2.36. The van der Waals surface area contributed by atoms with Gasteiger partial charge in [0.25, 0.3) is 0 Å². The van der Waals surface area contributed by atoms with E-state index in [1.54, 1.807) is 6.07 Å². The highest BCUT2D eigenvalue weighted by molar-refractivity contribution is 6.11. The van der Waals surface area contributed by atoms with Crippen molar-refractivity contribution in [2.75, 3.05) is 12.8 Å². The number of benzene rings is 3. The zero-order chi connectivity index (χ0) is 13.4. The third-order valence-corrected chi connectivity index (χ3v) is 3.32. The van der Waals surface area contributed by atoms with Gasteiger partial charge in [0.15, 0.2) is 0 Å². The maximum absolute atomic E-state index is 11.7. The zero-order valence-electron chi connectivity index (χ0n) is 10.5. The van der Waals surface area contributed by atoms with Crippen LogP contribution in [0.25, 0.3) is 21.5 Å². The van der Waals surface area contributed by atoms with Crippen LogP contribution in [0.15, 0.2) is 48.5 Å². The van der Waals surface area contributed by atoms with E-state index in [0.717, 1.165) is 21.5 Å². The predicted octanol–water partition coefficient (Wildman–Crippen LogP) is 3.36. The summed E-state index contributed by atoms with van der Waals surface area (Å²) in [5, 5.41) is 4.26. The first-order valence-electron chi connectivity index (χ1n) is 6.00. The quantitative estimate of drug-likeness (QED) is 0.410. The minimum Gasteiger partial charge on any atom is -0.465 e. The molecule has 0 radical (unpaired) electrons. The Labute approximate surface area is 110 Å². The molecule has 0 atom stereocenters. The van der Waals surface area contributed by atoms with Crippen LogP contribution in [-0.4, -0.2) is 13.1 Å². The number of nitrogen functional groups attached to an aromatic ring is 1. The van der Waals surface area contributed by atoms with Crippen LogP contribution in [0.5, 0.6) is 0 Å². The molecule has 3 heteroatoms. The van der Waals surface area contributed by atoms with Gasteiger partial charge in [0.2, 0.25) is 0 Å². The Bertz CT molecular complexity index is 793. The Balaban J connectivity index is 2.41. The van der Waals surface area contributed by atoms with Crippen molar-refractivity contribution < 1.29 is 9.53 Å². The molecule has 0 heterocycles. The van der Waals surface area contributed by atoms with Crippen LogP contribution in [0.2, 0.25) is 0 Å². The van der Waals surface area contributed by atoms with Crippen molar-refractivity contribution >= 4 is 33.2 Å². The molecule has 3 aromatic rings. The van der Waals surface area contributed by atoms with E-state index in [-0.39, 0.29) is 0 Å². The Hall–Kier alpha value is -2.55. The lowest BCUT2D eigenvalue weighted by molar-refractivity contribution is 0.0602. The van der Waals surface area contributed by atoms with Crippen LogP contribution < -0.4 is 5.73 Å². The highest BCUT2D eigenvalue weighted by atomic mass is 16.5. The molecule has 3 nitrogen and oxygen atoms in total. The monoisotopic (exact) mass is 251 g/mol. The summed E-state index contributed by atoms with van der Waals surface area (Å²) in [6.45, 7) is 0. The van der Waals surface area contributed by atoms with Crippen LogP contribution in [0.3, 0.4) is 0 Å². The normalized spacial score (nSPS) is 10.8. The lowest BCUT2D eigenvalue weighted by atomic mass is 9.99. The molecule has 3 aromatic carbocycles. The van der Waals surface area contributed by atoms with E-state index in [1.807, 2.05) is 36.4 Å². The number of ether oxygens (including phenoxy) is 1. The average Bonchev–Trinajstić information content (AvgIpc) is 2.45. The largest absolute Gasteiger partial charge is 0.465 e. The molecule has 0 amide bonds. The summed E-state index contributed by atoms with van der Waals surface area (Å²) in [7, 11) is 1.36. The number of carbonyl (C=O) groups excluding carboxylic acids is 1. The molecule has 0 unspecified atom stereocenters. The molecule has 0 aromatic heterocycles. The van der Waals surface area contributed by atoms with E-state index in [4.69, 9.17) is 10.5 Å². The summed E-state index contributed by atoms with van der Waals surface area (Å²) >= 11 is 0. The van der Waals surface area contributed by atoms with E-state index >= 15 is 0 Å². The van der Waals surface area contributed by atoms with Crippen molar-refractivity contribution in [2.24, 2.45) is 0 Å². The number of anilines is 1. The van der Waals surface area contributed by atoms with Gasteiger partial charge in [0.05, 0.1) is 12.7 Å². The molecule has 0 fully saturated rings. The Kier molecular flexibility index (Phi) is 2.60. The molecule has 3 rings (SSSR count). The third-order valence-electron chi connectivity index (χ3n) is 3.32. The second kappa shape index (κ2) is 4.28. The standard InChI is InChI=1S/C16H13NO2/c1-19-16(18)14-9-13-11(8-15(14)17)7-6-10-4-2-3-5-12(10)13/h2-9H,17H2,1H3. The number of fused-ring (bicyclic) bond motifs is 3. The van der Waals surface area contributed by atoms with E-state index in [0.29, 0.717) is 11.3 Å². The van der Waals surface area contributed by atoms with Crippen LogP contribution >= 0.6 is 0 Å². The van der Waals surface area contributed by atoms with Gasteiger partial charge in [0, 0.05) is 5.69 Å². The van der Waals surface area contributed by atoms with E-state index in [9.17, 15) is 4.79 Å². The number of esters is 1. The van der Waals surface area contributed by atoms with Crippen LogP contribution in [0.4, 0.5) is 5.69 Å². The maximum Gasteiger partial charge on any atom is 0.339 e. The summed E-state index contributed by atoms with van der Waals surface area (Å²) in [5.41, 5.74) is 6.75. The molecule has 0 spiro atoms. The number of hydrogen-bond acceptors (Lipinski definition) is 3. The van der Waals surface area contributed by atoms with Crippen LogP contribution in [0, 0.1) is 0 Å². The highest BCUT2D eigenvalue weighted by Crippen LogP contribution is 2.29. The first kappa shape index (κ1) is 11.5. The highest BCUT2D eigenvalue weighted by Gasteiger charge is 2.12. The summed E-state index contributed by atoms with van der Waals surface area (Å²) < 4.78 is 4.76. The summed E-state index contributed by atoms with van der Waals surface area (Å²) in [4.78, 5) is 11.7. The van der Waals surface area contributed by atoms with Crippen LogP contribution in [0.1, 0.15) is 10.4 Å². The van der Waals surface area contributed by atoms with Crippen molar-refractivity contribution in [2.45, 2.75) is 0 Å². The molecule has 0 aliphatic rings. The summed E-state index contributed by atoms with van der Waals surface area (Å²) in [5.74, 6) is -0.410. The Morgan fingerprint density at radius 2 is 1.74 bits per heavy atom. The van der Waals surface area contributed by atoms with Gasteiger partial charge in [-0.1, -0.05) is 36.4 Å². The van der Waals surface area contributed by atoms with Gasteiger partial charge in [-0.2, -0.15) is 0 Å². The molecule has 0 aliphatic heterocycles. The minimum atomic E-state index is -0.410. The van der Waals surface area contributed by atoms with E-state index in [2.05, 4.69) is 6.07 Å². The SMILES string of the molecule is COC(=O)c1cc2c(ccc3ccccc32)cc1N. The van der Waals surface area contributed by atoms with Gasteiger partial charge in [-0.15, -0.1) is 0 Å². The Morgan fingerprint density at radius 1 is 1.00 bits per heavy atom. The lowest BCUT2D eigenvalue weighted by Gasteiger charge is -2.08. The first-order chi connectivity index (χ1) is 9.20. The number of carbonyl (C=O) groups is 1.